The molecule has 6 N–H and O–H groups in total. The Morgan fingerprint density at radius 1 is 0.450 bits per heavy atom. The first-order valence-corrected chi connectivity index (χ1v) is 34.3. The number of amides is 1. The maximum Gasteiger partial charge on any atom is 0.305 e. The van der Waals surface area contributed by atoms with Gasteiger partial charge in [0.05, 0.1) is 32.0 Å². The highest BCUT2D eigenvalue weighted by molar-refractivity contribution is 5.76. The fourth-order valence-electron chi connectivity index (χ4n) is 10.8. The molecule has 0 radical (unpaired) electrons. The van der Waals surface area contributed by atoms with Crippen molar-refractivity contribution in [1.82, 2.24) is 5.32 Å². The first-order chi connectivity index (χ1) is 39.2. The summed E-state index contributed by atoms with van der Waals surface area (Å²) in [5.74, 6) is -0.184. The van der Waals surface area contributed by atoms with Crippen LogP contribution in [0, 0.1) is 0 Å². The van der Waals surface area contributed by atoms with Gasteiger partial charge in [-0.3, -0.25) is 9.59 Å². The Bertz CT molecular complexity index is 1420. The number of rotatable bonds is 60. The number of ether oxygens (including phenoxy) is 3. The Hall–Kier alpha value is -2.12. The zero-order valence-corrected chi connectivity index (χ0v) is 52.1. The summed E-state index contributed by atoms with van der Waals surface area (Å²) < 4.78 is 16.7. The van der Waals surface area contributed by atoms with Crippen molar-refractivity contribution in [2.45, 2.75) is 371 Å². The molecule has 0 saturated carbocycles. The minimum atomic E-state index is -1.57. The van der Waals surface area contributed by atoms with Crippen molar-refractivity contribution in [2.24, 2.45) is 0 Å². The van der Waals surface area contributed by atoms with Crippen molar-refractivity contribution >= 4 is 11.9 Å². The molecule has 470 valence electrons. The number of esters is 1. The van der Waals surface area contributed by atoms with Gasteiger partial charge in [-0.05, 0) is 83.5 Å². The van der Waals surface area contributed by atoms with Crippen molar-refractivity contribution in [2.75, 3.05) is 19.8 Å². The van der Waals surface area contributed by atoms with Crippen LogP contribution in [0.2, 0.25) is 0 Å². The number of nitrogens with one attached hydrogen (secondary N) is 1. The second-order valence-corrected chi connectivity index (χ2v) is 23.9. The minimum absolute atomic E-state index is 0.00111. The number of unbranched alkanes of at least 4 members (excludes halogenated alkanes) is 42. The first kappa shape index (κ1) is 75.9. The molecule has 0 aliphatic carbocycles. The minimum Gasteiger partial charge on any atom is -0.466 e. The van der Waals surface area contributed by atoms with E-state index in [1.54, 1.807) is 6.08 Å². The Morgan fingerprint density at radius 3 is 1.20 bits per heavy atom. The smallest absolute Gasteiger partial charge is 0.305 e. The Balaban J connectivity index is 1.93. The lowest BCUT2D eigenvalue weighted by Crippen LogP contribution is -2.60. The molecule has 0 spiro atoms. The zero-order valence-electron chi connectivity index (χ0n) is 52.1. The molecule has 11 nitrogen and oxygen atoms in total. The molecule has 0 aromatic heterocycles. The Morgan fingerprint density at radius 2 is 0.800 bits per heavy atom. The molecule has 7 unspecified atom stereocenters. The lowest BCUT2D eigenvalue weighted by molar-refractivity contribution is -0.302. The van der Waals surface area contributed by atoms with E-state index in [1.807, 2.05) is 6.08 Å². The van der Waals surface area contributed by atoms with Crippen molar-refractivity contribution < 1.29 is 49.3 Å². The van der Waals surface area contributed by atoms with E-state index in [9.17, 15) is 35.1 Å². The monoisotopic (exact) mass is 1130 g/mol. The van der Waals surface area contributed by atoms with Gasteiger partial charge < -0.3 is 45.1 Å². The second kappa shape index (κ2) is 58.6. The van der Waals surface area contributed by atoms with Crippen LogP contribution in [-0.2, 0) is 23.8 Å². The Labute approximate surface area is 492 Å². The number of allylic oxidation sites excluding steroid dienone is 5. The van der Waals surface area contributed by atoms with Gasteiger partial charge >= 0.3 is 5.97 Å². The van der Waals surface area contributed by atoms with Crippen LogP contribution in [0.4, 0.5) is 0 Å². The van der Waals surface area contributed by atoms with Crippen molar-refractivity contribution in [3.05, 3.63) is 36.5 Å². The van der Waals surface area contributed by atoms with E-state index in [0.29, 0.717) is 19.4 Å². The summed E-state index contributed by atoms with van der Waals surface area (Å²) in [7, 11) is 0. The van der Waals surface area contributed by atoms with Crippen LogP contribution in [0.3, 0.4) is 0 Å². The molecule has 0 aromatic carbocycles. The standard InChI is InChI=1S/C69H129NO10/c1-3-5-7-9-11-13-14-15-30-34-37-41-45-49-53-57-65(74)78-58-54-50-46-42-38-35-32-29-27-25-23-21-19-17-16-18-20-22-24-26-28-31-33-36-40-44-48-52-56-64(73)70-61(62(72)55-51-47-43-39-12-10-8-6-4-2)60-79-69-68(77)67(76)66(75)63(59-71)80-69/h15-17,30,51,55,61-63,66-69,71-72,75-77H,3-14,18-29,31-50,52-54,56-60H2,1-2H3,(H,70,73)/b17-16-,30-15-,55-51+. The summed E-state index contributed by atoms with van der Waals surface area (Å²) in [4.78, 5) is 25.1. The van der Waals surface area contributed by atoms with Gasteiger partial charge in [-0.15, -0.1) is 0 Å². The van der Waals surface area contributed by atoms with Gasteiger partial charge in [0.25, 0.3) is 0 Å². The summed E-state index contributed by atoms with van der Waals surface area (Å²) in [6, 6.07) is -0.808. The maximum atomic E-state index is 13.0. The number of aliphatic hydroxyl groups excluding tert-OH is 5. The molecule has 1 heterocycles. The van der Waals surface area contributed by atoms with Gasteiger partial charge in [0.2, 0.25) is 5.91 Å². The van der Waals surface area contributed by atoms with Crippen LogP contribution in [0.15, 0.2) is 36.5 Å². The van der Waals surface area contributed by atoms with E-state index < -0.39 is 49.5 Å². The normalized spacial score (nSPS) is 18.5. The summed E-state index contributed by atoms with van der Waals surface area (Å²) in [6.07, 6.45) is 64.3. The van der Waals surface area contributed by atoms with Crippen LogP contribution in [0.1, 0.15) is 328 Å². The number of hydrogen-bond acceptors (Lipinski definition) is 10. The average molecular weight is 1130 g/mol. The molecular weight excluding hydrogens is 1000 g/mol. The fraction of sp³-hybridized carbons (Fsp3) is 0.884. The van der Waals surface area contributed by atoms with Gasteiger partial charge in [-0.2, -0.15) is 0 Å². The van der Waals surface area contributed by atoms with Crippen LogP contribution in [0.5, 0.6) is 0 Å². The molecule has 80 heavy (non-hydrogen) atoms. The maximum absolute atomic E-state index is 13.0. The number of carbonyl (C=O) groups is 2. The highest BCUT2D eigenvalue weighted by atomic mass is 16.7. The SMILES string of the molecule is CCCCCCCC/C=C\CCCCCCCC(=O)OCCCCCCCCCCCCCC/C=C\CCCCCCCCCCCCCCC(=O)NC(COC1OC(CO)C(O)C(O)C1O)C(O)/C=C/CCCCCCCCC. The molecule has 1 saturated heterocycles. The molecule has 0 aromatic rings. The zero-order chi connectivity index (χ0) is 58.0. The van der Waals surface area contributed by atoms with Crippen molar-refractivity contribution in [3.8, 4) is 0 Å². The number of carbonyl (C=O) groups excluding carboxylic acids is 2. The largest absolute Gasteiger partial charge is 0.466 e. The highest BCUT2D eigenvalue weighted by Gasteiger charge is 2.44. The lowest BCUT2D eigenvalue weighted by Gasteiger charge is -2.40. The van der Waals surface area contributed by atoms with E-state index in [0.717, 1.165) is 57.8 Å². The van der Waals surface area contributed by atoms with Crippen molar-refractivity contribution in [3.63, 3.8) is 0 Å². The first-order valence-electron chi connectivity index (χ1n) is 34.3. The molecule has 1 aliphatic heterocycles. The second-order valence-electron chi connectivity index (χ2n) is 23.9. The summed E-state index contributed by atoms with van der Waals surface area (Å²) in [6.45, 7) is 4.33. The van der Waals surface area contributed by atoms with Gasteiger partial charge in [0, 0.05) is 12.8 Å². The van der Waals surface area contributed by atoms with Crippen LogP contribution in [0.25, 0.3) is 0 Å². The predicted molar refractivity (Wildman–Crippen MR) is 334 cm³/mol. The summed E-state index contributed by atoms with van der Waals surface area (Å²) in [5, 5.41) is 54.3. The quantitative estimate of drug-likeness (QED) is 0.0195. The molecule has 1 rings (SSSR count). The lowest BCUT2D eigenvalue weighted by atomic mass is 9.99. The summed E-state index contributed by atoms with van der Waals surface area (Å²) >= 11 is 0. The van der Waals surface area contributed by atoms with E-state index in [4.69, 9.17) is 14.2 Å². The fourth-order valence-corrected chi connectivity index (χ4v) is 10.8. The molecule has 11 heteroatoms. The number of hydrogen-bond donors (Lipinski definition) is 6. The van der Waals surface area contributed by atoms with Gasteiger partial charge in [0.15, 0.2) is 6.29 Å². The van der Waals surface area contributed by atoms with E-state index in [1.165, 1.54) is 244 Å². The van der Waals surface area contributed by atoms with E-state index in [-0.39, 0.29) is 18.5 Å². The third kappa shape index (κ3) is 47.3. The molecule has 7 atom stereocenters. The Kier molecular flexibility index (Phi) is 55.6. The predicted octanol–water partition coefficient (Wildman–Crippen LogP) is 17.0. The van der Waals surface area contributed by atoms with Crippen molar-refractivity contribution in [1.29, 1.82) is 0 Å². The van der Waals surface area contributed by atoms with Crippen LogP contribution >= 0.6 is 0 Å². The third-order valence-electron chi connectivity index (χ3n) is 16.2. The average Bonchev–Trinajstić information content (AvgIpc) is 3.45. The van der Waals surface area contributed by atoms with E-state index in [2.05, 4.69) is 43.5 Å². The molecule has 1 aliphatic rings. The van der Waals surface area contributed by atoms with Gasteiger partial charge in [0.1, 0.15) is 24.4 Å². The highest BCUT2D eigenvalue weighted by Crippen LogP contribution is 2.23. The third-order valence-corrected chi connectivity index (χ3v) is 16.2. The number of aliphatic hydroxyl groups is 5. The van der Waals surface area contributed by atoms with E-state index >= 15 is 0 Å². The van der Waals surface area contributed by atoms with Crippen LogP contribution in [-0.4, -0.2) is 100 Å². The van der Waals surface area contributed by atoms with Gasteiger partial charge in [-0.1, -0.05) is 269 Å². The molecule has 1 fully saturated rings. The molecular formula is C69H129NO10. The molecule has 1 amide bonds. The van der Waals surface area contributed by atoms with Gasteiger partial charge in [-0.25, -0.2) is 0 Å². The summed E-state index contributed by atoms with van der Waals surface area (Å²) in [5.41, 5.74) is 0. The topological polar surface area (TPSA) is 175 Å². The molecule has 0 bridgehead atoms. The van der Waals surface area contributed by atoms with Crippen LogP contribution < -0.4 is 5.32 Å².